The fraction of sp³-hybridized carbons (Fsp3) is 1.00. The second-order valence-corrected chi connectivity index (χ2v) is 16.4. The van der Waals surface area contributed by atoms with E-state index in [1.807, 2.05) is 0 Å². The van der Waals surface area contributed by atoms with E-state index >= 15 is 0 Å². The quantitative estimate of drug-likeness (QED) is 0.0556. The van der Waals surface area contributed by atoms with Crippen LogP contribution in [0, 0.1) is 0 Å². The lowest BCUT2D eigenvalue weighted by atomic mass is 9.85. The largest absolute Gasteiger partial charge is 0.396 e. The molecule has 0 heterocycles. The van der Waals surface area contributed by atoms with Crippen LogP contribution < -0.4 is 0 Å². The lowest BCUT2D eigenvalue weighted by Gasteiger charge is -2.29. The highest BCUT2D eigenvalue weighted by Gasteiger charge is 2.25. The van der Waals surface area contributed by atoms with Crippen molar-refractivity contribution in [2.24, 2.45) is 0 Å². The fourth-order valence-electron chi connectivity index (χ4n) is 7.87. The molecule has 49 heavy (non-hydrogen) atoms. The van der Waals surface area contributed by atoms with E-state index in [4.69, 9.17) is 10.2 Å². The third kappa shape index (κ3) is 40.5. The van der Waals surface area contributed by atoms with Crippen molar-refractivity contribution in [3.05, 3.63) is 0 Å². The first-order valence-corrected chi connectivity index (χ1v) is 23.1. The van der Waals surface area contributed by atoms with Crippen LogP contribution in [0.4, 0.5) is 0 Å². The Hall–Kier alpha value is -0.120. The topological polar surface area (TPSA) is 60.7 Å². The van der Waals surface area contributed by atoms with Gasteiger partial charge in [0.2, 0.25) is 0 Å². The maximum atomic E-state index is 11.7. The molecule has 0 amide bonds. The second-order valence-electron chi connectivity index (χ2n) is 16.4. The van der Waals surface area contributed by atoms with Crippen molar-refractivity contribution in [1.82, 2.24) is 0 Å². The van der Waals surface area contributed by atoms with Crippen molar-refractivity contribution >= 4 is 0 Å². The first-order chi connectivity index (χ1) is 24.2. The van der Waals surface area contributed by atoms with E-state index in [0.29, 0.717) is 13.2 Å². The molecule has 1 unspecified atom stereocenters. The van der Waals surface area contributed by atoms with Crippen LogP contribution in [0.5, 0.6) is 0 Å². The summed E-state index contributed by atoms with van der Waals surface area (Å²) >= 11 is 0. The maximum Gasteiger partial charge on any atom is 0.0647 e. The van der Waals surface area contributed by atoms with Crippen LogP contribution in [0.15, 0.2) is 0 Å². The highest BCUT2D eigenvalue weighted by atomic mass is 16.3. The molecule has 0 aliphatic rings. The van der Waals surface area contributed by atoms with Crippen molar-refractivity contribution in [1.29, 1.82) is 0 Å². The summed E-state index contributed by atoms with van der Waals surface area (Å²) in [7, 11) is 0. The van der Waals surface area contributed by atoms with Crippen molar-refractivity contribution in [3.8, 4) is 0 Å². The molecule has 3 nitrogen and oxygen atoms in total. The zero-order valence-electron chi connectivity index (χ0n) is 34.0. The molecule has 0 aromatic carbocycles. The highest BCUT2D eigenvalue weighted by molar-refractivity contribution is 4.79. The summed E-state index contributed by atoms with van der Waals surface area (Å²) in [6.45, 7) is 3.01. The van der Waals surface area contributed by atoms with Gasteiger partial charge in [0.15, 0.2) is 0 Å². The Labute approximate surface area is 310 Å². The molecule has 0 radical (unpaired) electrons. The Kier molecular flexibility index (Phi) is 42.2. The highest BCUT2D eigenvalue weighted by Crippen LogP contribution is 2.29. The molecular weight excluding hydrogens is 601 g/mol. The zero-order chi connectivity index (χ0) is 35.6. The van der Waals surface area contributed by atoms with E-state index in [1.165, 1.54) is 238 Å². The summed E-state index contributed by atoms with van der Waals surface area (Å²) in [5.74, 6) is 0. The summed E-state index contributed by atoms with van der Waals surface area (Å²) in [5, 5.41) is 29.5. The van der Waals surface area contributed by atoms with Gasteiger partial charge in [-0.05, 0) is 32.1 Å². The maximum absolute atomic E-state index is 11.7. The molecule has 0 fully saturated rings. The summed E-state index contributed by atoms with van der Waals surface area (Å²) in [4.78, 5) is 0. The first kappa shape index (κ1) is 48.9. The van der Waals surface area contributed by atoms with Crippen molar-refractivity contribution in [3.63, 3.8) is 0 Å². The number of hydrogen-bond acceptors (Lipinski definition) is 3. The van der Waals surface area contributed by atoms with Gasteiger partial charge in [0.1, 0.15) is 0 Å². The molecule has 0 aromatic rings. The van der Waals surface area contributed by atoms with Crippen molar-refractivity contribution in [2.45, 2.75) is 282 Å². The Morgan fingerprint density at radius 1 is 0.245 bits per heavy atom. The smallest absolute Gasteiger partial charge is 0.0647 e. The summed E-state index contributed by atoms with van der Waals surface area (Å²) < 4.78 is 0. The summed E-state index contributed by atoms with van der Waals surface area (Å²) in [6, 6.07) is 0. The zero-order valence-corrected chi connectivity index (χ0v) is 34.0. The SMILES string of the molecule is CCCCCCCCCCCCCCCCCC(O)(CCCCCCCCCCCCO)CCCCCCCCCCCCCCCCO. The van der Waals surface area contributed by atoms with Crippen molar-refractivity contribution < 1.29 is 15.3 Å². The van der Waals surface area contributed by atoms with Crippen LogP contribution in [0.1, 0.15) is 277 Å². The lowest BCUT2D eigenvalue weighted by molar-refractivity contribution is 0.00704. The molecule has 296 valence electrons. The Morgan fingerprint density at radius 2 is 0.408 bits per heavy atom. The number of rotatable bonds is 44. The third-order valence-corrected chi connectivity index (χ3v) is 11.3. The molecule has 3 heteroatoms. The molecule has 0 aliphatic carbocycles. The number of hydrogen-bond donors (Lipinski definition) is 3. The Bertz CT molecular complexity index is 545. The van der Waals surface area contributed by atoms with Gasteiger partial charge in [0.25, 0.3) is 0 Å². The van der Waals surface area contributed by atoms with E-state index in [9.17, 15) is 5.11 Å². The predicted octanol–water partition coefficient (Wildman–Crippen LogP) is 15.1. The molecule has 0 bridgehead atoms. The number of aliphatic hydroxyl groups is 3. The molecule has 1 atom stereocenters. The molecule has 0 saturated carbocycles. The summed E-state index contributed by atoms with van der Waals surface area (Å²) in [5.41, 5.74) is -0.415. The number of aliphatic hydroxyl groups excluding tert-OH is 2. The van der Waals surface area contributed by atoms with Crippen LogP contribution in [0.2, 0.25) is 0 Å². The second kappa shape index (κ2) is 42.3. The normalized spacial score (nSPS) is 13.0. The standard InChI is InChI=1S/C46H94O3/c1-2-3-4-5-6-7-8-9-10-13-16-21-26-31-36-41-46(49,43-38-33-28-23-18-20-25-30-35-40-45-48)42-37-32-27-22-17-14-11-12-15-19-24-29-34-39-44-47/h47-49H,2-45H2,1H3. The monoisotopic (exact) mass is 695 g/mol. The molecule has 0 rings (SSSR count). The Balaban J connectivity index is 4.04. The van der Waals surface area contributed by atoms with Gasteiger partial charge in [-0.15, -0.1) is 0 Å². The van der Waals surface area contributed by atoms with Crippen LogP contribution in [-0.2, 0) is 0 Å². The van der Waals surface area contributed by atoms with Crippen LogP contribution >= 0.6 is 0 Å². The first-order valence-electron chi connectivity index (χ1n) is 23.1. The van der Waals surface area contributed by atoms with Gasteiger partial charge in [0.05, 0.1) is 5.60 Å². The average molecular weight is 695 g/mol. The molecule has 3 N–H and O–H groups in total. The van der Waals surface area contributed by atoms with Crippen LogP contribution in [-0.4, -0.2) is 34.1 Å². The van der Waals surface area contributed by atoms with Gasteiger partial charge in [-0.1, -0.05) is 244 Å². The molecule has 0 aliphatic heterocycles. The van der Waals surface area contributed by atoms with Gasteiger partial charge < -0.3 is 15.3 Å². The molecular formula is C46H94O3. The predicted molar refractivity (Wildman–Crippen MR) is 219 cm³/mol. The minimum absolute atomic E-state index is 0.348. The van der Waals surface area contributed by atoms with Crippen LogP contribution in [0.25, 0.3) is 0 Å². The van der Waals surface area contributed by atoms with Gasteiger partial charge in [-0.2, -0.15) is 0 Å². The fourth-order valence-corrected chi connectivity index (χ4v) is 7.87. The lowest BCUT2D eigenvalue weighted by Crippen LogP contribution is -2.28. The minimum Gasteiger partial charge on any atom is -0.396 e. The summed E-state index contributed by atoms with van der Waals surface area (Å²) in [6.07, 6.45) is 55.1. The van der Waals surface area contributed by atoms with Crippen LogP contribution in [0.3, 0.4) is 0 Å². The van der Waals surface area contributed by atoms with E-state index in [-0.39, 0.29) is 0 Å². The van der Waals surface area contributed by atoms with E-state index < -0.39 is 5.60 Å². The van der Waals surface area contributed by atoms with E-state index in [1.54, 1.807) is 0 Å². The molecule has 0 aromatic heterocycles. The minimum atomic E-state index is -0.415. The third-order valence-electron chi connectivity index (χ3n) is 11.3. The van der Waals surface area contributed by atoms with E-state index in [2.05, 4.69) is 6.92 Å². The van der Waals surface area contributed by atoms with Gasteiger partial charge in [0, 0.05) is 13.2 Å². The van der Waals surface area contributed by atoms with Gasteiger partial charge in [-0.3, -0.25) is 0 Å². The van der Waals surface area contributed by atoms with E-state index in [0.717, 1.165) is 32.1 Å². The van der Waals surface area contributed by atoms with Gasteiger partial charge >= 0.3 is 0 Å². The molecule has 0 saturated heterocycles. The Morgan fingerprint density at radius 3 is 0.592 bits per heavy atom. The van der Waals surface area contributed by atoms with Gasteiger partial charge in [-0.25, -0.2) is 0 Å². The molecule has 0 spiro atoms. The average Bonchev–Trinajstić information content (AvgIpc) is 3.10. The number of unbranched alkanes of at least 4 members (excludes halogenated alkanes) is 36. The van der Waals surface area contributed by atoms with Crippen molar-refractivity contribution in [2.75, 3.05) is 13.2 Å².